The lowest BCUT2D eigenvalue weighted by Gasteiger charge is -2.42. The lowest BCUT2D eigenvalue weighted by atomic mass is 9.81. The molecule has 4 saturated heterocycles. The van der Waals surface area contributed by atoms with Gasteiger partial charge in [0.2, 0.25) is 0 Å². The van der Waals surface area contributed by atoms with Crippen LogP contribution in [-0.4, -0.2) is 89.1 Å². The van der Waals surface area contributed by atoms with Gasteiger partial charge in [-0.15, -0.1) is 0 Å². The lowest BCUT2D eigenvalue weighted by molar-refractivity contribution is -0.283. The van der Waals surface area contributed by atoms with E-state index >= 15 is 0 Å². The van der Waals surface area contributed by atoms with Gasteiger partial charge in [0, 0.05) is 21.7 Å². The Morgan fingerprint density at radius 3 is 0.885 bits per heavy atom. The summed E-state index contributed by atoms with van der Waals surface area (Å²) in [5.41, 5.74) is 0.0664. The minimum atomic E-state index is -0.512. The molecule has 10 heteroatoms. The molecule has 0 aromatic carbocycles. The molecule has 61 heavy (non-hydrogen) atoms. The van der Waals surface area contributed by atoms with Crippen LogP contribution in [0.2, 0.25) is 0 Å². The molecule has 0 spiro atoms. The fourth-order valence-electron chi connectivity index (χ4n) is 8.86. The lowest BCUT2D eigenvalue weighted by Crippen LogP contribution is -2.45. The van der Waals surface area contributed by atoms with Crippen molar-refractivity contribution in [2.75, 3.05) is 60.0 Å². The van der Waals surface area contributed by atoms with Crippen LogP contribution >= 0.6 is 0 Å². The fourth-order valence-corrected chi connectivity index (χ4v) is 8.86. The van der Waals surface area contributed by atoms with E-state index in [1.54, 1.807) is 0 Å². The Balaban J connectivity index is 1.36. The molecule has 0 unspecified atom stereocenters. The SMILES string of the molecule is COC(=O)C(C/C=C/C(CCCC1(C)COC(C)(C)OC1)CCCC1(C)COC(C)(C)OC1)C/C=C/C(CCCC1(C)COC(C)(C)OC1)CCCC1(C)COC(C)(C)OC1. The van der Waals surface area contributed by atoms with Gasteiger partial charge in [0.05, 0.1) is 65.9 Å². The van der Waals surface area contributed by atoms with E-state index in [1.807, 2.05) is 55.4 Å². The Bertz CT molecular complexity index is 1180. The van der Waals surface area contributed by atoms with Crippen LogP contribution in [0.3, 0.4) is 0 Å². The Labute approximate surface area is 372 Å². The van der Waals surface area contributed by atoms with E-state index in [9.17, 15) is 4.79 Å². The summed E-state index contributed by atoms with van der Waals surface area (Å²) in [7, 11) is 1.51. The van der Waals surface area contributed by atoms with Crippen LogP contribution in [0, 0.1) is 39.4 Å². The molecular weight excluding hydrogens is 773 g/mol. The molecule has 0 radical (unpaired) electrons. The first-order valence-corrected chi connectivity index (χ1v) is 23.9. The molecule has 10 nitrogen and oxygen atoms in total. The highest BCUT2D eigenvalue weighted by Crippen LogP contribution is 2.39. The van der Waals surface area contributed by atoms with E-state index in [1.165, 1.54) is 7.11 Å². The second-order valence-electron chi connectivity index (χ2n) is 22.8. The minimum Gasteiger partial charge on any atom is -0.469 e. The molecule has 4 aliphatic rings. The largest absolute Gasteiger partial charge is 0.469 e. The van der Waals surface area contributed by atoms with E-state index in [0.717, 1.165) is 77.0 Å². The van der Waals surface area contributed by atoms with Gasteiger partial charge in [-0.25, -0.2) is 0 Å². The molecule has 0 aromatic heterocycles. The van der Waals surface area contributed by atoms with Gasteiger partial charge in [0.15, 0.2) is 23.1 Å². The predicted octanol–water partition coefficient (Wildman–Crippen LogP) is 11.7. The summed E-state index contributed by atoms with van der Waals surface area (Å²) in [5, 5.41) is 0. The summed E-state index contributed by atoms with van der Waals surface area (Å²) < 4.78 is 53.7. The molecule has 4 heterocycles. The normalized spacial score (nSPS) is 25.1. The quantitative estimate of drug-likeness (QED) is 0.0729. The number of allylic oxidation sites excluding steroid dienone is 4. The zero-order valence-corrected chi connectivity index (χ0v) is 41.2. The second-order valence-corrected chi connectivity index (χ2v) is 22.8. The molecule has 0 aromatic rings. The molecule has 0 atom stereocenters. The van der Waals surface area contributed by atoms with Gasteiger partial charge in [0.25, 0.3) is 0 Å². The molecule has 0 amide bonds. The average molecular weight is 863 g/mol. The van der Waals surface area contributed by atoms with Crippen LogP contribution in [0.1, 0.15) is 173 Å². The van der Waals surface area contributed by atoms with E-state index in [-0.39, 0.29) is 33.5 Å². The predicted molar refractivity (Wildman–Crippen MR) is 242 cm³/mol. The maximum atomic E-state index is 13.2. The molecule has 0 bridgehead atoms. The standard InChI is InChI=1S/C51H90O10/c1-44(2)54-32-48(9,33-55-44)28-16-22-40(23-17-29-49(10)34-56-45(3,4)57-35-49)20-14-26-42(43(52)53-13)27-15-21-41(24-18-30-50(11)36-58-46(5,6)59-37-50)25-19-31-51(12)38-60-47(7,8)61-39-51/h14-15,20-21,40-42H,16-19,22-39H2,1-13H3/b20-14+,21-15+. The minimum absolute atomic E-state index is 0.0166. The first-order chi connectivity index (χ1) is 28.4. The highest BCUT2D eigenvalue weighted by molar-refractivity contribution is 5.72. The van der Waals surface area contributed by atoms with Gasteiger partial charge in [-0.1, -0.05) is 77.7 Å². The van der Waals surface area contributed by atoms with Crippen molar-refractivity contribution in [2.45, 2.75) is 196 Å². The Morgan fingerprint density at radius 2 is 0.672 bits per heavy atom. The maximum Gasteiger partial charge on any atom is 0.309 e. The smallest absolute Gasteiger partial charge is 0.309 e. The second kappa shape index (κ2) is 22.2. The molecule has 0 N–H and O–H groups in total. The Morgan fingerprint density at radius 1 is 0.443 bits per heavy atom. The van der Waals surface area contributed by atoms with Gasteiger partial charge in [0.1, 0.15) is 0 Å². The van der Waals surface area contributed by atoms with Gasteiger partial charge >= 0.3 is 5.97 Å². The highest BCUT2D eigenvalue weighted by Gasteiger charge is 2.39. The first kappa shape index (κ1) is 52.3. The van der Waals surface area contributed by atoms with Gasteiger partial charge in [-0.2, -0.15) is 0 Å². The number of esters is 1. The van der Waals surface area contributed by atoms with E-state index < -0.39 is 23.1 Å². The molecule has 0 saturated carbocycles. The average Bonchev–Trinajstić information content (AvgIpc) is 3.19. The summed E-state index contributed by atoms with van der Waals surface area (Å²) in [6, 6.07) is 0. The van der Waals surface area contributed by atoms with E-state index in [0.29, 0.717) is 77.5 Å². The number of hydrogen-bond acceptors (Lipinski definition) is 10. The first-order valence-electron chi connectivity index (χ1n) is 23.9. The van der Waals surface area contributed by atoms with Crippen molar-refractivity contribution in [2.24, 2.45) is 39.4 Å². The zero-order chi connectivity index (χ0) is 45.1. The summed E-state index contributed by atoms with van der Waals surface area (Å²) >= 11 is 0. The van der Waals surface area contributed by atoms with Crippen molar-refractivity contribution in [3.63, 3.8) is 0 Å². The number of methoxy groups -OCH3 is 1. The van der Waals surface area contributed by atoms with Crippen molar-refractivity contribution in [1.82, 2.24) is 0 Å². The van der Waals surface area contributed by atoms with Gasteiger partial charge in [-0.05, 0) is 131 Å². The van der Waals surface area contributed by atoms with Crippen LogP contribution in [0.5, 0.6) is 0 Å². The van der Waals surface area contributed by atoms with Crippen LogP contribution in [0.4, 0.5) is 0 Å². The highest BCUT2D eigenvalue weighted by atomic mass is 16.7. The van der Waals surface area contributed by atoms with Crippen molar-refractivity contribution >= 4 is 5.97 Å². The van der Waals surface area contributed by atoms with Crippen LogP contribution < -0.4 is 0 Å². The number of hydrogen-bond donors (Lipinski definition) is 0. The number of rotatable bonds is 23. The molecule has 354 valence electrons. The topological polar surface area (TPSA) is 100 Å². The monoisotopic (exact) mass is 863 g/mol. The molecular formula is C51H90O10. The summed E-state index contributed by atoms with van der Waals surface area (Å²) in [6.45, 7) is 30.8. The van der Waals surface area contributed by atoms with Crippen molar-refractivity contribution in [3.8, 4) is 0 Å². The summed E-state index contributed by atoms with van der Waals surface area (Å²) in [6.07, 6.45) is 23.5. The summed E-state index contributed by atoms with van der Waals surface area (Å²) in [4.78, 5) is 13.2. The van der Waals surface area contributed by atoms with Crippen molar-refractivity contribution in [1.29, 1.82) is 0 Å². The fraction of sp³-hybridized carbons (Fsp3) is 0.902. The van der Waals surface area contributed by atoms with Crippen LogP contribution in [-0.2, 0) is 47.4 Å². The Kier molecular flexibility index (Phi) is 19.0. The Hall–Kier alpha value is -1.37. The van der Waals surface area contributed by atoms with Crippen molar-refractivity contribution < 1.29 is 47.4 Å². The van der Waals surface area contributed by atoms with Crippen LogP contribution in [0.25, 0.3) is 0 Å². The zero-order valence-electron chi connectivity index (χ0n) is 41.2. The third kappa shape index (κ3) is 18.6. The molecule has 4 rings (SSSR count). The van der Waals surface area contributed by atoms with Crippen molar-refractivity contribution in [3.05, 3.63) is 24.3 Å². The molecule has 0 aliphatic carbocycles. The molecule has 4 aliphatic heterocycles. The van der Waals surface area contributed by atoms with Crippen LogP contribution in [0.15, 0.2) is 24.3 Å². The van der Waals surface area contributed by atoms with E-state index in [2.05, 4.69) is 52.0 Å². The number of ether oxygens (including phenoxy) is 9. The van der Waals surface area contributed by atoms with Gasteiger partial charge in [-0.3, -0.25) is 4.79 Å². The maximum absolute atomic E-state index is 13.2. The number of carbonyl (C=O) groups is 1. The number of carbonyl (C=O) groups excluding carboxylic acids is 1. The van der Waals surface area contributed by atoms with E-state index in [4.69, 9.17) is 42.6 Å². The molecule has 4 fully saturated rings. The third-order valence-electron chi connectivity index (χ3n) is 13.8. The van der Waals surface area contributed by atoms with Gasteiger partial charge < -0.3 is 42.6 Å². The summed E-state index contributed by atoms with van der Waals surface area (Å²) in [5.74, 6) is -1.60. The third-order valence-corrected chi connectivity index (χ3v) is 13.8.